The molecule has 0 aliphatic rings. The van der Waals surface area contributed by atoms with Crippen molar-refractivity contribution in [3.05, 3.63) is 41.9 Å². The third kappa shape index (κ3) is 3.12. The molecular weight excluding hydrogens is 290 g/mol. The summed E-state index contributed by atoms with van der Waals surface area (Å²) in [5.74, 6) is 0.725. The zero-order valence-corrected chi connectivity index (χ0v) is 12.2. The minimum absolute atomic E-state index is 0.621. The van der Waals surface area contributed by atoms with E-state index in [9.17, 15) is 0 Å². The van der Waals surface area contributed by atoms with Gasteiger partial charge in [-0.05, 0) is 18.2 Å². The fraction of sp³-hybridized carbons (Fsp3) is 0.214. The number of ether oxygens (including phenoxy) is 1. The Labute approximate surface area is 126 Å². The van der Waals surface area contributed by atoms with Crippen LogP contribution >= 0.6 is 11.6 Å². The molecule has 0 fully saturated rings. The van der Waals surface area contributed by atoms with Gasteiger partial charge < -0.3 is 10.1 Å². The second-order valence-corrected chi connectivity index (χ2v) is 4.93. The highest BCUT2D eigenvalue weighted by atomic mass is 35.5. The molecular formula is C14H14ClN5O. The van der Waals surface area contributed by atoms with Gasteiger partial charge in [-0.15, -0.1) is 0 Å². The van der Waals surface area contributed by atoms with Crippen molar-refractivity contribution in [3.8, 4) is 0 Å². The summed E-state index contributed by atoms with van der Waals surface area (Å²) in [6.45, 7) is 1.33. The number of nitrogens with zero attached hydrogens (tertiary/aromatic N) is 4. The molecule has 0 radical (unpaired) electrons. The number of nitrogens with one attached hydrogen (secondary N) is 1. The maximum Gasteiger partial charge on any atom is 0.141 e. The fourth-order valence-electron chi connectivity index (χ4n) is 2.00. The lowest BCUT2D eigenvalue weighted by Crippen LogP contribution is -2.04. The van der Waals surface area contributed by atoms with Crippen LogP contribution < -0.4 is 5.32 Å². The van der Waals surface area contributed by atoms with Crippen molar-refractivity contribution in [1.29, 1.82) is 0 Å². The highest BCUT2D eigenvalue weighted by molar-refractivity contribution is 6.31. The predicted molar refractivity (Wildman–Crippen MR) is 81.9 cm³/mol. The number of rotatable bonds is 5. The molecule has 3 rings (SSSR count). The van der Waals surface area contributed by atoms with Crippen LogP contribution in [0.2, 0.25) is 5.02 Å². The molecule has 0 aliphatic heterocycles. The van der Waals surface area contributed by atoms with Crippen molar-refractivity contribution >= 4 is 34.0 Å². The van der Waals surface area contributed by atoms with Crippen LogP contribution in [-0.2, 0) is 11.3 Å². The van der Waals surface area contributed by atoms with E-state index in [2.05, 4.69) is 20.4 Å². The minimum atomic E-state index is 0.621. The minimum Gasteiger partial charge on any atom is -0.383 e. The van der Waals surface area contributed by atoms with Gasteiger partial charge in [-0.25, -0.2) is 9.97 Å². The van der Waals surface area contributed by atoms with Crippen LogP contribution in [0.1, 0.15) is 0 Å². The van der Waals surface area contributed by atoms with Gasteiger partial charge in [0.2, 0.25) is 0 Å². The molecule has 0 amide bonds. The average molecular weight is 304 g/mol. The zero-order valence-electron chi connectivity index (χ0n) is 11.5. The van der Waals surface area contributed by atoms with Gasteiger partial charge in [0.25, 0.3) is 0 Å². The van der Waals surface area contributed by atoms with E-state index in [4.69, 9.17) is 16.3 Å². The van der Waals surface area contributed by atoms with Crippen molar-refractivity contribution in [3.63, 3.8) is 0 Å². The van der Waals surface area contributed by atoms with E-state index in [1.165, 1.54) is 6.33 Å². The lowest BCUT2D eigenvalue weighted by atomic mass is 10.2. The first-order valence-corrected chi connectivity index (χ1v) is 6.83. The first-order valence-electron chi connectivity index (χ1n) is 6.45. The van der Waals surface area contributed by atoms with Gasteiger partial charge in [0, 0.05) is 23.7 Å². The first-order chi connectivity index (χ1) is 10.3. The van der Waals surface area contributed by atoms with E-state index in [1.54, 1.807) is 13.3 Å². The summed E-state index contributed by atoms with van der Waals surface area (Å²) in [6, 6.07) is 5.53. The molecule has 0 bridgehead atoms. The van der Waals surface area contributed by atoms with Crippen LogP contribution in [0.15, 0.2) is 36.9 Å². The number of benzene rings is 1. The summed E-state index contributed by atoms with van der Waals surface area (Å²) in [5, 5.41) is 9.06. The molecule has 0 aliphatic carbocycles. The number of halogens is 1. The first kappa shape index (κ1) is 13.8. The molecule has 108 valence electrons. The zero-order chi connectivity index (χ0) is 14.7. The fourth-order valence-corrected chi connectivity index (χ4v) is 2.17. The lowest BCUT2D eigenvalue weighted by molar-refractivity contribution is 0.183. The van der Waals surface area contributed by atoms with Crippen LogP contribution in [0.3, 0.4) is 0 Å². The number of methoxy groups -OCH3 is 1. The molecule has 2 heterocycles. The van der Waals surface area contributed by atoms with Gasteiger partial charge in [0.15, 0.2) is 0 Å². The smallest absolute Gasteiger partial charge is 0.141 e. The maximum absolute atomic E-state index is 5.98. The summed E-state index contributed by atoms with van der Waals surface area (Å²) in [7, 11) is 1.67. The summed E-state index contributed by atoms with van der Waals surface area (Å²) in [6.07, 6.45) is 5.17. The highest BCUT2D eigenvalue weighted by Gasteiger charge is 2.06. The van der Waals surface area contributed by atoms with Crippen LogP contribution in [0, 0.1) is 0 Å². The molecule has 1 aromatic carbocycles. The average Bonchev–Trinajstić information content (AvgIpc) is 2.92. The van der Waals surface area contributed by atoms with E-state index in [0.29, 0.717) is 18.2 Å². The third-order valence-corrected chi connectivity index (χ3v) is 3.25. The molecule has 0 unspecified atom stereocenters. The third-order valence-electron chi connectivity index (χ3n) is 3.02. The van der Waals surface area contributed by atoms with Crippen molar-refractivity contribution in [1.82, 2.24) is 19.7 Å². The standard InChI is InChI=1S/C14H14ClN5O/c1-21-5-4-20-8-11(7-18-20)19-14-12-3-2-10(15)6-13(12)16-9-17-14/h2-3,6-9H,4-5H2,1H3,(H,16,17,19). The topological polar surface area (TPSA) is 64.9 Å². The molecule has 0 spiro atoms. The van der Waals surface area contributed by atoms with Crippen LogP contribution in [0.4, 0.5) is 11.5 Å². The Morgan fingerprint density at radius 1 is 1.33 bits per heavy atom. The number of anilines is 2. The van der Waals surface area contributed by atoms with E-state index in [1.807, 2.05) is 29.1 Å². The highest BCUT2D eigenvalue weighted by Crippen LogP contribution is 2.24. The van der Waals surface area contributed by atoms with Crippen molar-refractivity contribution < 1.29 is 4.74 Å². The molecule has 7 heteroatoms. The Morgan fingerprint density at radius 3 is 3.10 bits per heavy atom. The van der Waals surface area contributed by atoms with Gasteiger partial charge in [0.1, 0.15) is 12.1 Å². The van der Waals surface area contributed by atoms with E-state index in [0.717, 1.165) is 22.4 Å². The van der Waals surface area contributed by atoms with Crippen LogP contribution in [0.25, 0.3) is 10.9 Å². The van der Waals surface area contributed by atoms with Gasteiger partial charge in [-0.3, -0.25) is 4.68 Å². The summed E-state index contributed by atoms with van der Waals surface area (Å²) in [5.41, 5.74) is 1.66. The molecule has 0 saturated carbocycles. The van der Waals surface area contributed by atoms with E-state index < -0.39 is 0 Å². The Morgan fingerprint density at radius 2 is 2.24 bits per heavy atom. The van der Waals surface area contributed by atoms with Gasteiger partial charge in [0.05, 0.1) is 30.6 Å². The van der Waals surface area contributed by atoms with E-state index in [-0.39, 0.29) is 0 Å². The second kappa shape index (κ2) is 6.07. The van der Waals surface area contributed by atoms with Crippen molar-refractivity contribution in [2.45, 2.75) is 6.54 Å². The Hall–Kier alpha value is -2.18. The molecule has 0 saturated heterocycles. The van der Waals surface area contributed by atoms with Gasteiger partial charge in [-0.1, -0.05) is 11.6 Å². The number of hydrogen-bond donors (Lipinski definition) is 1. The van der Waals surface area contributed by atoms with Crippen LogP contribution in [-0.4, -0.2) is 33.5 Å². The van der Waals surface area contributed by atoms with Crippen molar-refractivity contribution in [2.24, 2.45) is 0 Å². The molecule has 1 N–H and O–H groups in total. The summed E-state index contributed by atoms with van der Waals surface area (Å²) >= 11 is 5.98. The largest absolute Gasteiger partial charge is 0.383 e. The van der Waals surface area contributed by atoms with E-state index >= 15 is 0 Å². The maximum atomic E-state index is 5.98. The summed E-state index contributed by atoms with van der Waals surface area (Å²) in [4.78, 5) is 8.49. The van der Waals surface area contributed by atoms with Crippen molar-refractivity contribution in [2.75, 3.05) is 19.0 Å². The Kier molecular flexibility index (Phi) is 3.98. The predicted octanol–water partition coefficient (Wildman–Crippen LogP) is 2.87. The van der Waals surface area contributed by atoms with Gasteiger partial charge >= 0.3 is 0 Å². The number of fused-ring (bicyclic) bond motifs is 1. The molecule has 21 heavy (non-hydrogen) atoms. The SMILES string of the molecule is COCCn1cc(Nc2ncnc3cc(Cl)ccc23)cn1. The second-order valence-electron chi connectivity index (χ2n) is 4.49. The lowest BCUT2D eigenvalue weighted by Gasteiger charge is -2.06. The monoisotopic (exact) mass is 303 g/mol. The Balaban J connectivity index is 1.86. The number of hydrogen-bond acceptors (Lipinski definition) is 5. The quantitative estimate of drug-likeness (QED) is 0.785. The normalized spacial score (nSPS) is 11.0. The van der Waals surface area contributed by atoms with Gasteiger partial charge in [-0.2, -0.15) is 5.10 Å². The molecule has 0 atom stereocenters. The molecule has 3 aromatic rings. The summed E-state index contributed by atoms with van der Waals surface area (Å²) < 4.78 is 6.84. The Bertz CT molecular complexity index is 758. The molecule has 6 nitrogen and oxygen atoms in total. The van der Waals surface area contributed by atoms with Crippen LogP contribution in [0.5, 0.6) is 0 Å². The molecule has 2 aromatic heterocycles. The number of aromatic nitrogens is 4.